The number of carbonyl (C=O) groups excluding carboxylic acids is 3. The highest BCUT2D eigenvalue weighted by Crippen LogP contribution is 2.58. The maximum atomic E-state index is 14.3. The highest BCUT2D eigenvalue weighted by atomic mass is 19.3. The monoisotopic (exact) mass is 488 g/mol. The molecule has 12 heteroatoms. The zero-order valence-electron chi connectivity index (χ0n) is 18.2. The first-order chi connectivity index (χ1) is 15.1. The molecular weight excluding hydrogens is 462 g/mol. The van der Waals surface area contributed by atoms with Gasteiger partial charge in [0.05, 0.1) is 5.92 Å². The molecule has 188 valence electrons. The Morgan fingerprint density at radius 2 is 1.21 bits per heavy atom. The first-order valence-electron chi connectivity index (χ1n) is 10.8. The fraction of sp³-hybridized carbons (Fsp3) is 0.857. The predicted octanol–water partition coefficient (Wildman–Crippen LogP) is 4.15. The Bertz CT molecular complexity index is 761. The number of ether oxygens (including phenoxy) is 3. The maximum absolute atomic E-state index is 14.3. The molecule has 0 amide bonds. The van der Waals surface area contributed by atoms with E-state index in [-0.39, 0.29) is 37.0 Å². The maximum Gasteiger partial charge on any atom is 0.411 e. The van der Waals surface area contributed by atoms with Gasteiger partial charge < -0.3 is 14.2 Å². The van der Waals surface area contributed by atoms with E-state index >= 15 is 0 Å². The molecule has 4 fully saturated rings. The highest BCUT2D eigenvalue weighted by Gasteiger charge is 2.80. The van der Waals surface area contributed by atoms with Gasteiger partial charge in [0.15, 0.2) is 0 Å². The van der Waals surface area contributed by atoms with Crippen molar-refractivity contribution < 1.29 is 54.9 Å². The molecule has 0 spiro atoms. The first-order valence-corrected chi connectivity index (χ1v) is 10.8. The van der Waals surface area contributed by atoms with Crippen LogP contribution in [-0.4, -0.2) is 54.5 Å². The van der Waals surface area contributed by atoms with Crippen LogP contribution in [0.4, 0.5) is 26.3 Å². The van der Waals surface area contributed by atoms with E-state index in [0.717, 1.165) is 19.3 Å². The third kappa shape index (κ3) is 4.66. The van der Waals surface area contributed by atoms with Crippen molar-refractivity contribution in [3.05, 3.63) is 0 Å². The van der Waals surface area contributed by atoms with Crippen molar-refractivity contribution in [2.24, 2.45) is 23.7 Å². The van der Waals surface area contributed by atoms with Crippen molar-refractivity contribution in [2.75, 3.05) is 13.2 Å². The largest absolute Gasteiger partial charge is 0.462 e. The lowest BCUT2D eigenvalue weighted by molar-refractivity contribution is -0.307. The highest BCUT2D eigenvalue weighted by molar-refractivity contribution is 5.85. The van der Waals surface area contributed by atoms with Gasteiger partial charge in [-0.25, -0.2) is 9.59 Å². The number of hydrogen-bond acceptors (Lipinski definition) is 6. The van der Waals surface area contributed by atoms with Crippen LogP contribution in [0.2, 0.25) is 0 Å². The molecule has 6 nitrogen and oxygen atoms in total. The summed E-state index contributed by atoms with van der Waals surface area (Å²) in [7, 11) is 0. The summed E-state index contributed by atoms with van der Waals surface area (Å²) >= 11 is 0. The Hall–Kier alpha value is -2.01. The molecule has 4 saturated carbocycles. The van der Waals surface area contributed by atoms with Crippen LogP contribution >= 0.6 is 0 Å². The third-order valence-corrected chi connectivity index (χ3v) is 6.62. The predicted molar refractivity (Wildman–Crippen MR) is 98.6 cm³/mol. The molecule has 0 unspecified atom stereocenters. The molecule has 0 aromatic rings. The van der Waals surface area contributed by atoms with Crippen molar-refractivity contribution in [2.45, 2.75) is 75.7 Å². The molecule has 0 N–H and O–H groups in total. The summed E-state index contributed by atoms with van der Waals surface area (Å²) < 4.78 is 98.4. The van der Waals surface area contributed by atoms with E-state index in [1.165, 1.54) is 13.8 Å². The van der Waals surface area contributed by atoms with Gasteiger partial charge in [-0.3, -0.25) is 4.79 Å². The molecule has 0 aromatic carbocycles. The molecule has 0 aliphatic heterocycles. The lowest BCUT2D eigenvalue weighted by Crippen LogP contribution is -2.63. The van der Waals surface area contributed by atoms with Crippen LogP contribution in [0.1, 0.15) is 52.4 Å². The summed E-state index contributed by atoms with van der Waals surface area (Å²) in [6.45, 7) is 1.10. The molecule has 4 rings (SSSR count). The number of alkyl halides is 6. The zero-order chi connectivity index (χ0) is 24.8. The molecule has 4 aliphatic rings. The van der Waals surface area contributed by atoms with E-state index in [0.29, 0.717) is 0 Å². The minimum atomic E-state index is -6.41. The fourth-order valence-corrected chi connectivity index (χ4v) is 5.40. The SMILES string of the molecule is CC(C)C(=O)OCCOC(=O)C(F)(F)C(F)(F)C(F)(F)C(=O)OC12CC3CC(CC(C3)C1)C2. The van der Waals surface area contributed by atoms with Crippen LogP contribution in [0.15, 0.2) is 0 Å². The van der Waals surface area contributed by atoms with E-state index in [1.54, 1.807) is 0 Å². The van der Waals surface area contributed by atoms with Crippen molar-refractivity contribution in [1.29, 1.82) is 0 Å². The van der Waals surface area contributed by atoms with Gasteiger partial charge >= 0.3 is 35.7 Å². The Balaban J connectivity index is 1.64. The Kier molecular flexibility index (Phi) is 6.71. The van der Waals surface area contributed by atoms with E-state index in [4.69, 9.17) is 4.74 Å². The normalized spacial score (nSPS) is 29.2. The van der Waals surface area contributed by atoms with Gasteiger partial charge in [-0.1, -0.05) is 13.8 Å². The second-order valence-corrected chi connectivity index (χ2v) is 9.67. The molecule has 33 heavy (non-hydrogen) atoms. The van der Waals surface area contributed by atoms with Crippen LogP contribution in [0.5, 0.6) is 0 Å². The zero-order valence-corrected chi connectivity index (χ0v) is 18.2. The van der Waals surface area contributed by atoms with E-state index < -0.39 is 60.4 Å². The Morgan fingerprint density at radius 3 is 1.67 bits per heavy atom. The summed E-state index contributed by atoms with van der Waals surface area (Å²) in [6, 6.07) is 0. The number of halogens is 6. The van der Waals surface area contributed by atoms with Crippen molar-refractivity contribution >= 4 is 17.9 Å². The standard InChI is InChI=1S/C21H26F6O6/c1-11(2)15(28)31-3-4-32-16(29)19(22,23)21(26,27)20(24,25)17(30)33-18-8-12-5-13(9-18)7-14(6-12)10-18/h11-14H,3-10H2,1-2H3. The third-order valence-electron chi connectivity index (χ3n) is 6.62. The number of rotatable bonds is 9. The molecule has 4 bridgehead atoms. The Morgan fingerprint density at radius 1 is 0.788 bits per heavy atom. The lowest BCUT2D eigenvalue weighted by atomic mass is 9.54. The Labute approximate surface area is 186 Å². The summed E-state index contributed by atoms with van der Waals surface area (Å²) in [5.74, 6) is -25.2. The van der Waals surface area contributed by atoms with E-state index in [9.17, 15) is 40.7 Å². The smallest absolute Gasteiger partial charge is 0.411 e. The lowest BCUT2D eigenvalue weighted by Gasteiger charge is -2.55. The van der Waals surface area contributed by atoms with Crippen LogP contribution < -0.4 is 0 Å². The van der Waals surface area contributed by atoms with Crippen molar-refractivity contribution in [3.8, 4) is 0 Å². The van der Waals surface area contributed by atoms with Crippen LogP contribution in [-0.2, 0) is 28.6 Å². The molecule has 0 heterocycles. The second kappa shape index (κ2) is 8.65. The van der Waals surface area contributed by atoms with Crippen molar-refractivity contribution in [3.63, 3.8) is 0 Å². The van der Waals surface area contributed by atoms with Crippen LogP contribution in [0.3, 0.4) is 0 Å². The fourth-order valence-electron chi connectivity index (χ4n) is 5.40. The number of esters is 3. The van der Waals surface area contributed by atoms with Gasteiger partial charge in [0.25, 0.3) is 0 Å². The van der Waals surface area contributed by atoms with Gasteiger partial charge in [-0.15, -0.1) is 0 Å². The van der Waals surface area contributed by atoms with E-state index in [1.807, 2.05) is 0 Å². The summed E-state index contributed by atoms with van der Waals surface area (Å²) in [4.78, 5) is 34.8. The number of hydrogen-bond donors (Lipinski definition) is 0. The average molecular weight is 488 g/mol. The van der Waals surface area contributed by atoms with Gasteiger partial charge in [-0.05, 0) is 56.3 Å². The topological polar surface area (TPSA) is 78.9 Å². The van der Waals surface area contributed by atoms with Crippen molar-refractivity contribution in [1.82, 2.24) is 0 Å². The van der Waals surface area contributed by atoms with E-state index in [2.05, 4.69) is 9.47 Å². The van der Waals surface area contributed by atoms with Crippen LogP contribution in [0, 0.1) is 23.7 Å². The molecule has 0 saturated heterocycles. The minimum absolute atomic E-state index is 0.111. The molecular formula is C21H26F6O6. The van der Waals surface area contributed by atoms with Gasteiger partial charge in [0, 0.05) is 0 Å². The molecule has 4 aliphatic carbocycles. The van der Waals surface area contributed by atoms with Gasteiger partial charge in [-0.2, -0.15) is 26.3 Å². The summed E-state index contributed by atoms with van der Waals surface area (Å²) in [6.07, 6.45) is 3.17. The summed E-state index contributed by atoms with van der Waals surface area (Å²) in [5.41, 5.74) is -1.37. The molecule has 0 radical (unpaired) electrons. The number of carbonyl (C=O) groups is 3. The second-order valence-electron chi connectivity index (χ2n) is 9.67. The average Bonchev–Trinajstić information content (AvgIpc) is 2.68. The van der Waals surface area contributed by atoms with Crippen LogP contribution in [0.25, 0.3) is 0 Å². The minimum Gasteiger partial charge on any atom is -0.462 e. The quantitative estimate of drug-likeness (QED) is 0.210. The molecule has 0 atom stereocenters. The first kappa shape index (κ1) is 25.6. The van der Waals surface area contributed by atoms with Gasteiger partial charge in [0.1, 0.15) is 18.8 Å². The summed E-state index contributed by atoms with van der Waals surface area (Å²) in [5, 5.41) is 0. The molecule has 0 aromatic heterocycles. The van der Waals surface area contributed by atoms with Gasteiger partial charge in [0.2, 0.25) is 0 Å².